The molecule has 0 amide bonds. The highest BCUT2D eigenvalue weighted by molar-refractivity contribution is 7.98. The van der Waals surface area contributed by atoms with Gasteiger partial charge >= 0.3 is 0 Å². The first-order valence-electron chi connectivity index (χ1n) is 8.53. The third-order valence-corrected chi connectivity index (χ3v) is 6.01. The highest BCUT2D eigenvalue weighted by Gasteiger charge is 2.31. The molecule has 2 heteroatoms. The van der Waals surface area contributed by atoms with Crippen LogP contribution < -0.4 is 5.32 Å². The van der Waals surface area contributed by atoms with Gasteiger partial charge in [0, 0.05) is 10.9 Å². The van der Waals surface area contributed by atoms with E-state index in [-0.39, 0.29) is 0 Å². The van der Waals surface area contributed by atoms with Gasteiger partial charge in [-0.2, -0.15) is 0 Å². The van der Waals surface area contributed by atoms with Gasteiger partial charge in [0.05, 0.1) is 0 Å². The summed E-state index contributed by atoms with van der Waals surface area (Å²) in [5.74, 6) is 2.54. The Morgan fingerprint density at radius 1 is 1.19 bits per heavy atom. The van der Waals surface area contributed by atoms with E-state index in [1.807, 2.05) is 11.8 Å². The second-order valence-corrected chi connectivity index (χ2v) is 7.55. The molecular weight excluding hydrogens is 274 g/mol. The van der Waals surface area contributed by atoms with Gasteiger partial charge in [-0.3, -0.25) is 0 Å². The molecule has 1 aromatic carbocycles. The van der Waals surface area contributed by atoms with E-state index in [1.165, 1.54) is 36.1 Å². The number of hydrogen-bond donors (Lipinski definition) is 1. The lowest BCUT2D eigenvalue weighted by Crippen LogP contribution is -2.34. The number of hydrogen-bond acceptors (Lipinski definition) is 2. The van der Waals surface area contributed by atoms with Crippen molar-refractivity contribution in [3.05, 3.63) is 29.8 Å². The van der Waals surface area contributed by atoms with Gasteiger partial charge in [-0.15, -0.1) is 11.8 Å². The molecule has 0 aromatic heterocycles. The number of nitrogens with one attached hydrogen (secondary N) is 1. The van der Waals surface area contributed by atoms with E-state index in [0.29, 0.717) is 6.04 Å². The third-order valence-electron chi connectivity index (χ3n) is 5.20. The lowest BCUT2D eigenvalue weighted by atomic mass is 9.72. The lowest BCUT2D eigenvalue weighted by molar-refractivity contribution is 0.170. The molecule has 1 aromatic rings. The average Bonchev–Trinajstić information content (AvgIpc) is 2.51. The molecule has 4 atom stereocenters. The molecule has 0 saturated heterocycles. The van der Waals surface area contributed by atoms with Gasteiger partial charge in [-0.25, -0.2) is 0 Å². The zero-order valence-corrected chi connectivity index (χ0v) is 14.9. The predicted molar refractivity (Wildman–Crippen MR) is 94.9 cm³/mol. The summed E-state index contributed by atoms with van der Waals surface area (Å²) >= 11 is 1.88. The quantitative estimate of drug-likeness (QED) is 0.694. The fourth-order valence-electron chi connectivity index (χ4n) is 3.65. The SMILES string of the molecule is CCCNC(c1ccccc1SC)C1CCC(C)C(C)C1. The van der Waals surface area contributed by atoms with Gasteiger partial charge in [-0.05, 0) is 61.4 Å². The van der Waals surface area contributed by atoms with Crippen molar-refractivity contribution in [2.24, 2.45) is 17.8 Å². The number of rotatable bonds is 6. The summed E-state index contributed by atoms with van der Waals surface area (Å²) in [6, 6.07) is 9.50. The Morgan fingerprint density at radius 3 is 2.62 bits per heavy atom. The van der Waals surface area contributed by atoms with E-state index in [4.69, 9.17) is 0 Å². The van der Waals surface area contributed by atoms with Crippen molar-refractivity contribution in [2.75, 3.05) is 12.8 Å². The molecule has 21 heavy (non-hydrogen) atoms. The van der Waals surface area contributed by atoms with Crippen LogP contribution in [-0.2, 0) is 0 Å². The maximum absolute atomic E-state index is 3.85. The van der Waals surface area contributed by atoms with Crippen LogP contribution in [0.4, 0.5) is 0 Å². The van der Waals surface area contributed by atoms with Crippen molar-refractivity contribution >= 4 is 11.8 Å². The summed E-state index contributed by atoms with van der Waals surface area (Å²) in [7, 11) is 0. The van der Waals surface area contributed by atoms with Crippen LogP contribution in [0.3, 0.4) is 0 Å². The first-order chi connectivity index (χ1) is 10.2. The van der Waals surface area contributed by atoms with Crippen LogP contribution in [0.15, 0.2) is 29.2 Å². The van der Waals surface area contributed by atoms with Crippen molar-refractivity contribution in [1.29, 1.82) is 0 Å². The minimum Gasteiger partial charge on any atom is -0.310 e. The van der Waals surface area contributed by atoms with Crippen molar-refractivity contribution in [3.8, 4) is 0 Å². The van der Waals surface area contributed by atoms with Gasteiger partial charge < -0.3 is 5.32 Å². The fourth-order valence-corrected chi connectivity index (χ4v) is 4.29. The standard InChI is InChI=1S/C19H31NS/c1-5-12-20-19(16-11-10-14(2)15(3)13-16)17-8-6-7-9-18(17)21-4/h6-9,14-16,19-20H,5,10-13H2,1-4H3. The first-order valence-corrected chi connectivity index (χ1v) is 9.76. The molecule has 0 radical (unpaired) electrons. The van der Waals surface area contributed by atoms with E-state index in [2.05, 4.69) is 56.6 Å². The zero-order chi connectivity index (χ0) is 15.2. The van der Waals surface area contributed by atoms with E-state index < -0.39 is 0 Å². The van der Waals surface area contributed by atoms with Crippen molar-refractivity contribution in [1.82, 2.24) is 5.32 Å². The highest BCUT2D eigenvalue weighted by Crippen LogP contribution is 2.41. The van der Waals surface area contributed by atoms with Crippen LogP contribution in [0.25, 0.3) is 0 Å². The maximum Gasteiger partial charge on any atom is 0.0359 e. The van der Waals surface area contributed by atoms with Crippen molar-refractivity contribution < 1.29 is 0 Å². The molecule has 0 heterocycles. The Kier molecular flexibility index (Phi) is 6.63. The Balaban J connectivity index is 2.21. The predicted octanol–water partition coefficient (Wildman–Crippen LogP) is 5.52. The van der Waals surface area contributed by atoms with E-state index >= 15 is 0 Å². The molecule has 1 N–H and O–H groups in total. The molecule has 2 rings (SSSR count). The molecule has 118 valence electrons. The molecule has 1 saturated carbocycles. The third kappa shape index (κ3) is 4.26. The summed E-state index contributed by atoms with van der Waals surface area (Å²) in [4.78, 5) is 1.44. The Morgan fingerprint density at radius 2 is 1.95 bits per heavy atom. The second kappa shape index (κ2) is 8.24. The van der Waals surface area contributed by atoms with Gasteiger partial charge in [0.25, 0.3) is 0 Å². The monoisotopic (exact) mass is 305 g/mol. The largest absolute Gasteiger partial charge is 0.310 e. The summed E-state index contributed by atoms with van der Waals surface area (Å²) in [5.41, 5.74) is 1.52. The minimum absolute atomic E-state index is 0.531. The molecule has 1 fully saturated rings. The van der Waals surface area contributed by atoms with Crippen molar-refractivity contribution in [2.45, 2.75) is 57.4 Å². The molecular formula is C19H31NS. The summed E-state index contributed by atoms with van der Waals surface area (Å²) in [5, 5.41) is 3.85. The van der Waals surface area contributed by atoms with Gasteiger partial charge in [0.15, 0.2) is 0 Å². The van der Waals surface area contributed by atoms with Gasteiger partial charge in [-0.1, -0.05) is 45.4 Å². The number of benzene rings is 1. The van der Waals surface area contributed by atoms with Crippen molar-refractivity contribution in [3.63, 3.8) is 0 Å². The summed E-state index contributed by atoms with van der Waals surface area (Å²) < 4.78 is 0. The Labute approximate surface area is 135 Å². The van der Waals surface area contributed by atoms with E-state index in [9.17, 15) is 0 Å². The molecule has 0 bridgehead atoms. The van der Waals surface area contributed by atoms with Crippen LogP contribution in [-0.4, -0.2) is 12.8 Å². The fraction of sp³-hybridized carbons (Fsp3) is 0.684. The molecule has 0 aliphatic heterocycles. The lowest BCUT2D eigenvalue weighted by Gasteiger charge is -2.38. The van der Waals surface area contributed by atoms with Crippen LogP contribution in [0.5, 0.6) is 0 Å². The molecule has 0 spiro atoms. The molecule has 1 aliphatic rings. The molecule has 4 unspecified atom stereocenters. The van der Waals surface area contributed by atoms with E-state index in [0.717, 1.165) is 24.3 Å². The van der Waals surface area contributed by atoms with Crippen LogP contribution >= 0.6 is 11.8 Å². The van der Waals surface area contributed by atoms with Gasteiger partial charge in [0.2, 0.25) is 0 Å². The average molecular weight is 306 g/mol. The Hall–Kier alpha value is -0.470. The smallest absolute Gasteiger partial charge is 0.0359 e. The zero-order valence-electron chi connectivity index (χ0n) is 14.1. The minimum atomic E-state index is 0.531. The van der Waals surface area contributed by atoms with Crippen LogP contribution in [0.1, 0.15) is 58.1 Å². The van der Waals surface area contributed by atoms with Crippen LogP contribution in [0, 0.1) is 17.8 Å². The van der Waals surface area contributed by atoms with E-state index in [1.54, 1.807) is 0 Å². The number of thioether (sulfide) groups is 1. The second-order valence-electron chi connectivity index (χ2n) is 6.70. The topological polar surface area (TPSA) is 12.0 Å². The summed E-state index contributed by atoms with van der Waals surface area (Å²) in [6.07, 6.45) is 7.52. The summed E-state index contributed by atoms with van der Waals surface area (Å²) in [6.45, 7) is 8.24. The maximum atomic E-state index is 3.85. The highest BCUT2D eigenvalue weighted by atomic mass is 32.2. The van der Waals surface area contributed by atoms with Gasteiger partial charge in [0.1, 0.15) is 0 Å². The normalized spacial score (nSPS) is 27.5. The van der Waals surface area contributed by atoms with Crippen LogP contribution in [0.2, 0.25) is 0 Å². The molecule has 1 aliphatic carbocycles. The molecule has 1 nitrogen and oxygen atoms in total. The Bertz CT molecular complexity index is 431. The first kappa shape index (κ1) is 16.9.